The van der Waals surface area contributed by atoms with E-state index in [0.717, 1.165) is 22.4 Å². The van der Waals surface area contributed by atoms with Gasteiger partial charge in [0.2, 0.25) is 0 Å². The molecule has 20 heavy (non-hydrogen) atoms. The zero-order valence-electron chi connectivity index (χ0n) is 11.2. The van der Waals surface area contributed by atoms with E-state index < -0.39 is 4.92 Å². The van der Waals surface area contributed by atoms with Gasteiger partial charge in [0.25, 0.3) is 5.69 Å². The van der Waals surface area contributed by atoms with Crippen LogP contribution in [0.5, 0.6) is 5.75 Å². The van der Waals surface area contributed by atoms with Crippen LogP contribution in [0.1, 0.15) is 16.7 Å². The lowest BCUT2D eigenvalue weighted by molar-refractivity contribution is -0.384. The number of non-ortho nitro benzene ring substituents is 1. The summed E-state index contributed by atoms with van der Waals surface area (Å²) in [6, 6.07) is 12.2. The zero-order chi connectivity index (χ0) is 14.5. The molecule has 2 rings (SSSR count). The molecule has 0 saturated heterocycles. The minimum absolute atomic E-state index is 0.0757. The lowest BCUT2D eigenvalue weighted by Gasteiger charge is -2.11. The van der Waals surface area contributed by atoms with E-state index in [1.807, 2.05) is 25.1 Å². The highest BCUT2D eigenvalue weighted by Gasteiger charge is 2.06. The van der Waals surface area contributed by atoms with Crippen LogP contribution in [-0.4, -0.2) is 4.92 Å². The predicted octanol–water partition coefficient (Wildman–Crippen LogP) is 2.94. The van der Waals surface area contributed by atoms with Gasteiger partial charge < -0.3 is 10.5 Å². The molecule has 0 spiro atoms. The average Bonchev–Trinajstić information content (AvgIpc) is 2.46. The van der Waals surface area contributed by atoms with Gasteiger partial charge in [0, 0.05) is 24.2 Å². The van der Waals surface area contributed by atoms with Crippen molar-refractivity contribution in [1.82, 2.24) is 0 Å². The molecule has 0 fully saturated rings. The van der Waals surface area contributed by atoms with Crippen LogP contribution in [0.4, 0.5) is 5.69 Å². The number of nitro benzene ring substituents is 1. The number of hydrogen-bond acceptors (Lipinski definition) is 4. The molecule has 104 valence electrons. The predicted molar refractivity (Wildman–Crippen MR) is 76.5 cm³/mol. The quantitative estimate of drug-likeness (QED) is 0.670. The third-order valence-electron chi connectivity index (χ3n) is 2.98. The Hall–Kier alpha value is -2.40. The summed E-state index contributed by atoms with van der Waals surface area (Å²) in [5.74, 6) is 0.747. The number of nitrogens with two attached hydrogens (primary N) is 1. The van der Waals surface area contributed by atoms with Crippen molar-refractivity contribution in [3.05, 3.63) is 69.3 Å². The van der Waals surface area contributed by atoms with Crippen LogP contribution < -0.4 is 10.5 Å². The fraction of sp³-hybridized carbons (Fsp3) is 0.200. The smallest absolute Gasteiger partial charge is 0.269 e. The Kier molecular flexibility index (Phi) is 4.32. The van der Waals surface area contributed by atoms with Crippen molar-refractivity contribution in [2.45, 2.75) is 20.1 Å². The van der Waals surface area contributed by atoms with E-state index in [0.29, 0.717) is 13.2 Å². The maximum absolute atomic E-state index is 10.6. The van der Waals surface area contributed by atoms with Gasteiger partial charge in [-0.3, -0.25) is 10.1 Å². The fourth-order valence-corrected chi connectivity index (χ4v) is 1.88. The number of aryl methyl sites for hydroxylation is 1. The van der Waals surface area contributed by atoms with E-state index in [2.05, 4.69) is 0 Å². The van der Waals surface area contributed by atoms with E-state index in [4.69, 9.17) is 10.5 Å². The van der Waals surface area contributed by atoms with Gasteiger partial charge in [-0.15, -0.1) is 0 Å². The largest absolute Gasteiger partial charge is 0.489 e. The van der Waals surface area contributed by atoms with E-state index in [-0.39, 0.29) is 5.69 Å². The number of hydrogen-bond donors (Lipinski definition) is 1. The highest BCUT2D eigenvalue weighted by atomic mass is 16.6. The first-order valence-corrected chi connectivity index (χ1v) is 6.26. The molecule has 5 nitrogen and oxygen atoms in total. The fourth-order valence-electron chi connectivity index (χ4n) is 1.88. The second kappa shape index (κ2) is 6.16. The van der Waals surface area contributed by atoms with E-state index >= 15 is 0 Å². The maximum Gasteiger partial charge on any atom is 0.269 e. The van der Waals surface area contributed by atoms with E-state index in [1.54, 1.807) is 12.1 Å². The molecule has 0 heterocycles. The molecule has 0 aliphatic carbocycles. The second-order valence-corrected chi connectivity index (χ2v) is 4.53. The normalized spacial score (nSPS) is 10.3. The molecule has 0 saturated carbocycles. The number of rotatable bonds is 5. The van der Waals surface area contributed by atoms with Crippen molar-refractivity contribution < 1.29 is 9.66 Å². The van der Waals surface area contributed by atoms with Gasteiger partial charge in [0.15, 0.2) is 0 Å². The molecule has 0 amide bonds. The first-order valence-electron chi connectivity index (χ1n) is 6.26. The first-order chi connectivity index (χ1) is 9.60. The minimum Gasteiger partial charge on any atom is -0.489 e. The molecule has 0 bridgehead atoms. The third kappa shape index (κ3) is 3.33. The molecule has 0 aliphatic heterocycles. The van der Waals surface area contributed by atoms with Crippen LogP contribution in [0.15, 0.2) is 42.5 Å². The molecular weight excluding hydrogens is 256 g/mol. The molecule has 0 aromatic heterocycles. The van der Waals surface area contributed by atoms with Crippen molar-refractivity contribution in [1.29, 1.82) is 0 Å². The molecule has 5 heteroatoms. The third-order valence-corrected chi connectivity index (χ3v) is 2.98. The molecule has 0 aliphatic rings. The molecule has 0 radical (unpaired) electrons. The van der Waals surface area contributed by atoms with Gasteiger partial charge in [-0.05, 0) is 30.7 Å². The molecule has 2 N–H and O–H groups in total. The zero-order valence-corrected chi connectivity index (χ0v) is 11.2. The minimum atomic E-state index is -0.420. The van der Waals surface area contributed by atoms with Crippen LogP contribution >= 0.6 is 0 Å². The summed E-state index contributed by atoms with van der Waals surface area (Å²) in [5.41, 5.74) is 8.72. The molecule has 2 aromatic carbocycles. The Morgan fingerprint density at radius 2 is 1.90 bits per heavy atom. The van der Waals surface area contributed by atoms with E-state index in [9.17, 15) is 10.1 Å². The van der Waals surface area contributed by atoms with Gasteiger partial charge >= 0.3 is 0 Å². The number of nitro groups is 1. The summed E-state index contributed by atoms with van der Waals surface area (Å²) < 4.78 is 5.72. The summed E-state index contributed by atoms with van der Waals surface area (Å²) in [6.45, 7) is 2.77. The molecule has 0 atom stereocenters. The van der Waals surface area contributed by atoms with Crippen molar-refractivity contribution in [3.63, 3.8) is 0 Å². The lowest BCUT2D eigenvalue weighted by atomic mass is 10.1. The van der Waals surface area contributed by atoms with Crippen molar-refractivity contribution >= 4 is 5.69 Å². The Bertz CT molecular complexity index is 609. The van der Waals surface area contributed by atoms with Crippen molar-refractivity contribution in [2.24, 2.45) is 5.73 Å². The van der Waals surface area contributed by atoms with Gasteiger partial charge in [0.05, 0.1) is 4.92 Å². The highest BCUT2D eigenvalue weighted by Crippen LogP contribution is 2.21. The van der Waals surface area contributed by atoms with Gasteiger partial charge in [-0.25, -0.2) is 0 Å². The summed E-state index contributed by atoms with van der Waals surface area (Å²) in [7, 11) is 0. The summed E-state index contributed by atoms with van der Waals surface area (Å²) in [6.07, 6.45) is 0. The number of ether oxygens (including phenoxy) is 1. The SMILES string of the molecule is Cc1ccc(OCc2ccc([N+](=O)[O-])cc2)c(CN)c1. The Labute approximate surface area is 117 Å². The summed E-state index contributed by atoms with van der Waals surface area (Å²) in [5, 5.41) is 10.6. The lowest BCUT2D eigenvalue weighted by Crippen LogP contribution is -2.03. The average molecular weight is 272 g/mol. The van der Waals surface area contributed by atoms with Crippen LogP contribution in [0, 0.1) is 17.0 Å². The topological polar surface area (TPSA) is 78.4 Å². The second-order valence-electron chi connectivity index (χ2n) is 4.53. The van der Waals surface area contributed by atoms with Gasteiger partial charge in [-0.2, -0.15) is 0 Å². The molecule has 0 unspecified atom stereocenters. The van der Waals surface area contributed by atoms with Crippen molar-refractivity contribution in [2.75, 3.05) is 0 Å². The van der Waals surface area contributed by atoms with Crippen LogP contribution in [0.25, 0.3) is 0 Å². The van der Waals surface area contributed by atoms with Gasteiger partial charge in [-0.1, -0.05) is 17.7 Å². The summed E-state index contributed by atoms with van der Waals surface area (Å²) >= 11 is 0. The van der Waals surface area contributed by atoms with Crippen molar-refractivity contribution in [3.8, 4) is 5.75 Å². The Morgan fingerprint density at radius 1 is 1.20 bits per heavy atom. The monoisotopic (exact) mass is 272 g/mol. The number of benzene rings is 2. The maximum atomic E-state index is 10.6. The van der Waals surface area contributed by atoms with Crippen LogP contribution in [0.3, 0.4) is 0 Å². The van der Waals surface area contributed by atoms with Crippen LogP contribution in [0.2, 0.25) is 0 Å². The standard InChI is InChI=1S/C15H16N2O3/c1-11-2-7-15(13(8-11)9-16)20-10-12-3-5-14(6-4-12)17(18)19/h2-8H,9-10,16H2,1H3. The number of nitrogens with zero attached hydrogens (tertiary/aromatic N) is 1. The van der Waals surface area contributed by atoms with Crippen LogP contribution in [-0.2, 0) is 13.2 Å². The first kappa shape index (κ1) is 14.0. The van der Waals surface area contributed by atoms with Gasteiger partial charge in [0.1, 0.15) is 12.4 Å². The Morgan fingerprint density at radius 3 is 2.50 bits per heavy atom. The highest BCUT2D eigenvalue weighted by molar-refractivity contribution is 5.37. The molecule has 2 aromatic rings. The molecular formula is C15H16N2O3. The van der Waals surface area contributed by atoms with E-state index in [1.165, 1.54) is 12.1 Å². The Balaban J connectivity index is 2.06. The summed E-state index contributed by atoms with van der Waals surface area (Å²) in [4.78, 5) is 10.1.